The van der Waals surface area contributed by atoms with Crippen molar-refractivity contribution in [1.82, 2.24) is 19.9 Å². The number of anilines is 1. The van der Waals surface area contributed by atoms with E-state index in [2.05, 4.69) is 36.6 Å². The van der Waals surface area contributed by atoms with E-state index in [9.17, 15) is 4.79 Å². The van der Waals surface area contributed by atoms with Crippen molar-refractivity contribution in [2.24, 2.45) is 0 Å². The van der Waals surface area contributed by atoms with Gasteiger partial charge in [0.1, 0.15) is 16.0 Å². The van der Waals surface area contributed by atoms with Gasteiger partial charge in [-0.25, -0.2) is 14.3 Å². The Bertz CT molecular complexity index is 650. The van der Waals surface area contributed by atoms with Gasteiger partial charge in [-0.15, -0.1) is 5.10 Å². The van der Waals surface area contributed by atoms with Crippen LogP contribution in [0.5, 0.6) is 0 Å². The van der Waals surface area contributed by atoms with Gasteiger partial charge in [-0.1, -0.05) is 0 Å². The van der Waals surface area contributed by atoms with Crippen LogP contribution in [0.3, 0.4) is 0 Å². The molecule has 0 saturated carbocycles. The second-order valence-electron chi connectivity index (χ2n) is 5.78. The quantitative estimate of drug-likeness (QED) is 0.792. The summed E-state index contributed by atoms with van der Waals surface area (Å²) in [5, 5.41) is 10.3. The zero-order chi connectivity index (χ0) is 16.2. The normalized spacial score (nSPS) is 11.5. The number of ether oxygens (including phenoxy) is 1. The smallest absolute Gasteiger partial charge is 0.407 e. The van der Waals surface area contributed by atoms with Crippen molar-refractivity contribution in [2.75, 3.05) is 18.4 Å². The van der Waals surface area contributed by atoms with Crippen molar-refractivity contribution in [3.05, 3.63) is 22.9 Å². The molecule has 0 spiro atoms. The van der Waals surface area contributed by atoms with Crippen LogP contribution in [0.25, 0.3) is 5.65 Å². The Morgan fingerprint density at radius 3 is 2.86 bits per heavy atom. The van der Waals surface area contributed by atoms with Crippen molar-refractivity contribution in [1.29, 1.82) is 0 Å². The Morgan fingerprint density at radius 1 is 1.36 bits per heavy atom. The van der Waals surface area contributed by atoms with Gasteiger partial charge in [0.2, 0.25) is 0 Å². The average molecular weight is 370 g/mol. The molecule has 0 bridgehead atoms. The van der Waals surface area contributed by atoms with Crippen LogP contribution >= 0.6 is 15.9 Å². The molecule has 0 saturated heterocycles. The first-order valence-electron chi connectivity index (χ1n) is 7.06. The van der Waals surface area contributed by atoms with Gasteiger partial charge in [0, 0.05) is 13.1 Å². The summed E-state index contributed by atoms with van der Waals surface area (Å²) < 4.78 is 7.67. The molecule has 2 aromatic heterocycles. The fraction of sp³-hybridized carbons (Fsp3) is 0.500. The number of nitrogens with one attached hydrogen (secondary N) is 2. The maximum atomic E-state index is 11.5. The van der Waals surface area contributed by atoms with Crippen LogP contribution in [-0.4, -0.2) is 39.4 Å². The Labute approximate surface area is 137 Å². The molecule has 2 aromatic rings. The van der Waals surface area contributed by atoms with E-state index in [0.717, 1.165) is 22.5 Å². The van der Waals surface area contributed by atoms with Gasteiger partial charge < -0.3 is 15.4 Å². The third-order valence-electron chi connectivity index (χ3n) is 2.65. The molecule has 2 rings (SSSR count). The van der Waals surface area contributed by atoms with E-state index in [0.29, 0.717) is 13.1 Å². The number of rotatable bonds is 5. The summed E-state index contributed by atoms with van der Waals surface area (Å²) in [7, 11) is 0. The summed E-state index contributed by atoms with van der Waals surface area (Å²) in [5.41, 5.74) is 0.309. The zero-order valence-electron chi connectivity index (χ0n) is 12.9. The number of imidazole rings is 1. The highest BCUT2D eigenvalue weighted by Gasteiger charge is 2.15. The molecule has 0 aliphatic rings. The lowest BCUT2D eigenvalue weighted by Crippen LogP contribution is -2.33. The molecule has 8 heteroatoms. The van der Waals surface area contributed by atoms with Gasteiger partial charge in [0.15, 0.2) is 5.65 Å². The summed E-state index contributed by atoms with van der Waals surface area (Å²) in [4.78, 5) is 15.6. The third-order valence-corrected chi connectivity index (χ3v) is 3.19. The van der Waals surface area contributed by atoms with Gasteiger partial charge in [-0.3, -0.25) is 0 Å². The van der Waals surface area contributed by atoms with Gasteiger partial charge in [0.25, 0.3) is 0 Å². The minimum Gasteiger partial charge on any atom is -0.444 e. The molecule has 22 heavy (non-hydrogen) atoms. The van der Waals surface area contributed by atoms with Crippen molar-refractivity contribution >= 4 is 33.5 Å². The number of carbonyl (C=O) groups excluding carboxylic acids is 1. The largest absolute Gasteiger partial charge is 0.444 e. The molecule has 2 N–H and O–H groups in total. The van der Waals surface area contributed by atoms with Gasteiger partial charge in [-0.2, -0.15) is 0 Å². The molecule has 7 nitrogen and oxygen atoms in total. The van der Waals surface area contributed by atoms with Crippen molar-refractivity contribution < 1.29 is 9.53 Å². The maximum absolute atomic E-state index is 11.5. The Kier molecular flexibility index (Phi) is 5.23. The van der Waals surface area contributed by atoms with E-state index in [1.807, 2.05) is 32.9 Å². The second-order valence-corrected chi connectivity index (χ2v) is 6.59. The van der Waals surface area contributed by atoms with Crippen molar-refractivity contribution in [3.8, 4) is 0 Å². The van der Waals surface area contributed by atoms with E-state index in [4.69, 9.17) is 4.74 Å². The van der Waals surface area contributed by atoms with Crippen molar-refractivity contribution in [2.45, 2.75) is 32.8 Å². The molecule has 0 fully saturated rings. The number of fused-ring (bicyclic) bond motifs is 1. The number of halogens is 1. The number of hydrogen-bond acceptors (Lipinski definition) is 5. The highest BCUT2D eigenvalue weighted by Crippen LogP contribution is 2.13. The predicted molar refractivity (Wildman–Crippen MR) is 88.0 cm³/mol. The molecule has 0 aliphatic carbocycles. The van der Waals surface area contributed by atoms with E-state index < -0.39 is 11.7 Å². The topological polar surface area (TPSA) is 80.5 Å². The number of amides is 1. The van der Waals surface area contributed by atoms with E-state index >= 15 is 0 Å². The van der Waals surface area contributed by atoms with Crippen LogP contribution in [0.15, 0.2) is 22.9 Å². The van der Waals surface area contributed by atoms with E-state index in [1.165, 1.54) is 0 Å². The molecule has 2 heterocycles. The first-order valence-corrected chi connectivity index (χ1v) is 7.85. The zero-order valence-corrected chi connectivity index (χ0v) is 14.5. The molecular formula is C14H20BrN5O2. The lowest BCUT2D eigenvalue weighted by molar-refractivity contribution is 0.0528. The Balaban J connectivity index is 1.72. The minimum atomic E-state index is -0.472. The van der Waals surface area contributed by atoms with Gasteiger partial charge >= 0.3 is 6.09 Å². The average Bonchev–Trinajstić information content (AvgIpc) is 2.78. The fourth-order valence-corrected chi connectivity index (χ4v) is 2.11. The summed E-state index contributed by atoms with van der Waals surface area (Å²) in [6.07, 6.45) is 2.08. The standard InChI is InChI=1S/C14H20BrN5O2/c1-14(2,3)22-13(21)17-8-4-7-16-11-5-6-12-18-9-10(15)20(12)19-11/h5-6,9H,4,7-8H2,1-3H3,(H,16,19)(H,17,21). The Hall–Kier alpha value is -1.83. The Morgan fingerprint density at radius 2 is 2.14 bits per heavy atom. The summed E-state index contributed by atoms with van der Waals surface area (Å²) in [6, 6.07) is 3.76. The fourth-order valence-electron chi connectivity index (χ4n) is 1.75. The maximum Gasteiger partial charge on any atom is 0.407 e. The first-order chi connectivity index (χ1) is 10.3. The number of alkyl carbamates (subject to hydrolysis) is 1. The molecule has 0 atom stereocenters. The SMILES string of the molecule is CC(C)(C)OC(=O)NCCCNc1ccc2ncc(Br)n2n1. The number of aromatic nitrogens is 3. The summed E-state index contributed by atoms with van der Waals surface area (Å²) >= 11 is 3.38. The molecule has 0 radical (unpaired) electrons. The highest BCUT2D eigenvalue weighted by atomic mass is 79.9. The summed E-state index contributed by atoms with van der Waals surface area (Å²) in [5.74, 6) is 0.753. The minimum absolute atomic E-state index is 0.394. The van der Waals surface area contributed by atoms with Crippen LogP contribution in [0, 0.1) is 0 Å². The lowest BCUT2D eigenvalue weighted by atomic mass is 10.2. The number of hydrogen-bond donors (Lipinski definition) is 2. The third kappa shape index (κ3) is 4.87. The van der Waals surface area contributed by atoms with Crippen LogP contribution in [0.1, 0.15) is 27.2 Å². The lowest BCUT2D eigenvalue weighted by Gasteiger charge is -2.19. The molecule has 120 valence electrons. The second kappa shape index (κ2) is 6.95. The molecular weight excluding hydrogens is 350 g/mol. The first kappa shape index (κ1) is 16.5. The monoisotopic (exact) mass is 369 g/mol. The van der Waals surface area contributed by atoms with E-state index in [-0.39, 0.29) is 0 Å². The van der Waals surface area contributed by atoms with Crippen LogP contribution in [-0.2, 0) is 4.74 Å². The molecule has 0 unspecified atom stereocenters. The van der Waals surface area contributed by atoms with Crippen LogP contribution in [0.4, 0.5) is 10.6 Å². The van der Waals surface area contributed by atoms with Gasteiger partial charge in [-0.05, 0) is 55.3 Å². The predicted octanol–water partition coefficient (Wildman–Crippen LogP) is 2.82. The van der Waals surface area contributed by atoms with Gasteiger partial charge in [0.05, 0.1) is 6.20 Å². The number of nitrogens with zero attached hydrogens (tertiary/aromatic N) is 3. The molecule has 0 aliphatic heterocycles. The summed E-state index contributed by atoms with van der Waals surface area (Å²) in [6.45, 7) is 6.75. The highest BCUT2D eigenvalue weighted by molar-refractivity contribution is 9.10. The molecule has 0 aromatic carbocycles. The number of carbonyl (C=O) groups is 1. The molecule has 1 amide bonds. The van der Waals surface area contributed by atoms with Crippen LogP contribution in [0.2, 0.25) is 0 Å². The van der Waals surface area contributed by atoms with Crippen LogP contribution < -0.4 is 10.6 Å². The van der Waals surface area contributed by atoms with E-state index in [1.54, 1.807) is 10.7 Å². The van der Waals surface area contributed by atoms with Crippen molar-refractivity contribution in [3.63, 3.8) is 0 Å².